The normalized spacial score (nSPS) is 48.0. The van der Waals surface area contributed by atoms with Gasteiger partial charge in [0.2, 0.25) is 5.79 Å². The zero-order valence-corrected chi connectivity index (χ0v) is 23.3. The van der Waals surface area contributed by atoms with Crippen molar-refractivity contribution in [2.24, 2.45) is 39.1 Å². The molecule has 3 saturated carbocycles. The molecule has 9 atom stereocenters. The average Bonchev–Trinajstić information content (AvgIpc) is 2.99. The van der Waals surface area contributed by atoms with E-state index in [0.29, 0.717) is 31.8 Å². The molecule has 3 spiro atoms. The van der Waals surface area contributed by atoms with Gasteiger partial charge >= 0.3 is 0 Å². The topological polar surface area (TPSA) is 132 Å². The van der Waals surface area contributed by atoms with Gasteiger partial charge in [-0.05, 0) is 74.0 Å². The monoisotopic (exact) mass is 541 g/mol. The molecular formula is C29H39N3O7. The number of aliphatic hydroxyl groups is 1. The van der Waals surface area contributed by atoms with Crippen molar-refractivity contribution in [2.45, 2.75) is 96.3 Å². The third-order valence-corrected chi connectivity index (χ3v) is 11.0. The lowest BCUT2D eigenvalue weighted by molar-refractivity contribution is -0.527. The molecule has 8 aliphatic rings. The van der Waals surface area contributed by atoms with Gasteiger partial charge in [0.15, 0.2) is 17.9 Å². The molecule has 212 valence electrons. The van der Waals surface area contributed by atoms with Crippen molar-refractivity contribution in [3.63, 3.8) is 0 Å². The molecule has 10 nitrogen and oxygen atoms in total. The van der Waals surface area contributed by atoms with Gasteiger partial charge in [-0.1, -0.05) is 25.5 Å². The molecule has 3 saturated heterocycles. The summed E-state index contributed by atoms with van der Waals surface area (Å²) in [5.41, 5.74) is 8.16. The summed E-state index contributed by atoms with van der Waals surface area (Å²) < 4.78 is 32.8. The fraction of sp³-hybridized carbons (Fsp3) is 0.828. The maximum absolute atomic E-state index is 14.4. The van der Waals surface area contributed by atoms with E-state index in [1.165, 1.54) is 5.57 Å². The smallest absolute Gasteiger partial charge is 0.213 e. The molecule has 0 amide bonds. The number of hydrogen-bond donors (Lipinski definition) is 1. The molecular weight excluding hydrogens is 502 g/mol. The van der Waals surface area contributed by atoms with Crippen molar-refractivity contribution >= 4 is 5.78 Å². The molecule has 0 radical (unpaired) electrons. The minimum atomic E-state index is -1.51. The first-order valence-electron chi connectivity index (χ1n) is 14.4. The van der Waals surface area contributed by atoms with E-state index >= 15 is 0 Å². The predicted molar refractivity (Wildman–Crippen MR) is 138 cm³/mol. The molecule has 10 heteroatoms. The van der Waals surface area contributed by atoms with Crippen molar-refractivity contribution in [1.29, 1.82) is 0 Å². The van der Waals surface area contributed by atoms with Crippen LogP contribution in [0.3, 0.4) is 0 Å². The van der Waals surface area contributed by atoms with E-state index < -0.39 is 40.9 Å². The quantitative estimate of drug-likeness (QED) is 0.178. The SMILES string of the molecule is C=C1C(=O)[C@@]23[C@@H]4OC(C)(C)O[C@]25OC[C@]2(C6=C(CC[C@H](OCCCN=[N+]=[N-])O6)CC(C)(C)[C@H]2[C@@H]5O)[C@@H]3CC[C@@H]14. The molecule has 0 aromatic rings. The second-order valence-corrected chi connectivity index (χ2v) is 13.8. The van der Waals surface area contributed by atoms with Gasteiger partial charge in [0.25, 0.3) is 0 Å². The minimum absolute atomic E-state index is 0.0840. The molecule has 4 aliphatic carbocycles. The lowest BCUT2D eigenvalue weighted by Gasteiger charge is -2.77. The predicted octanol–water partition coefficient (Wildman–Crippen LogP) is 4.53. The Morgan fingerprint density at radius 3 is 2.79 bits per heavy atom. The Hall–Kier alpha value is -1.94. The van der Waals surface area contributed by atoms with Crippen molar-refractivity contribution in [2.75, 3.05) is 19.8 Å². The zero-order valence-electron chi connectivity index (χ0n) is 23.3. The first-order chi connectivity index (χ1) is 18.5. The molecule has 6 fully saturated rings. The lowest BCUT2D eigenvalue weighted by Crippen LogP contribution is -2.87. The van der Waals surface area contributed by atoms with Crippen LogP contribution in [0.25, 0.3) is 10.4 Å². The van der Waals surface area contributed by atoms with Gasteiger partial charge in [0.05, 0.1) is 24.7 Å². The van der Waals surface area contributed by atoms with Crippen LogP contribution in [0.1, 0.15) is 66.2 Å². The average molecular weight is 542 g/mol. The lowest BCUT2D eigenvalue weighted by atomic mass is 9.36. The van der Waals surface area contributed by atoms with E-state index in [9.17, 15) is 9.90 Å². The van der Waals surface area contributed by atoms with Crippen LogP contribution in [0.2, 0.25) is 0 Å². The number of aliphatic hydroxyl groups excluding tert-OH is 1. The highest BCUT2D eigenvalue weighted by molar-refractivity contribution is 6.05. The molecule has 0 aromatic heterocycles. The van der Waals surface area contributed by atoms with Crippen LogP contribution < -0.4 is 0 Å². The van der Waals surface area contributed by atoms with Gasteiger partial charge < -0.3 is 28.8 Å². The Kier molecular flexibility index (Phi) is 5.39. The number of carbonyl (C=O) groups is 1. The Balaban J connectivity index is 1.36. The van der Waals surface area contributed by atoms with Crippen LogP contribution in [-0.2, 0) is 28.5 Å². The van der Waals surface area contributed by atoms with E-state index in [0.717, 1.165) is 37.9 Å². The molecule has 4 bridgehead atoms. The number of nitrogens with zero attached hydrogens (tertiary/aromatic N) is 3. The number of fused-ring (bicyclic) bond motifs is 1. The van der Waals surface area contributed by atoms with Crippen LogP contribution in [-0.4, -0.2) is 60.7 Å². The van der Waals surface area contributed by atoms with Crippen molar-refractivity contribution in [1.82, 2.24) is 0 Å². The highest BCUT2D eigenvalue weighted by Gasteiger charge is 2.90. The summed E-state index contributed by atoms with van der Waals surface area (Å²) in [6.07, 6.45) is 2.53. The summed E-state index contributed by atoms with van der Waals surface area (Å²) in [4.78, 5) is 17.2. The van der Waals surface area contributed by atoms with Crippen LogP contribution in [0.4, 0.5) is 0 Å². The Morgan fingerprint density at radius 1 is 1.23 bits per heavy atom. The first kappa shape index (κ1) is 26.0. The third kappa shape index (κ3) is 2.95. The van der Waals surface area contributed by atoms with E-state index in [2.05, 4.69) is 30.5 Å². The number of hydrogen-bond acceptors (Lipinski definition) is 8. The maximum atomic E-state index is 14.4. The van der Waals surface area contributed by atoms with E-state index in [1.807, 2.05) is 13.8 Å². The zero-order chi connectivity index (χ0) is 27.6. The van der Waals surface area contributed by atoms with Gasteiger partial charge in [-0.25, -0.2) is 0 Å². The number of ether oxygens (including phenoxy) is 5. The molecule has 0 aromatic carbocycles. The van der Waals surface area contributed by atoms with E-state index in [4.69, 9.17) is 29.2 Å². The summed E-state index contributed by atoms with van der Waals surface area (Å²) in [6.45, 7) is 13.5. The number of carbonyl (C=O) groups excluding carboxylic acids is 1. The van der Waals surface area contributed by atoms with Crippen LogP contribution in [0.5, 0.6) is 0 Å². The fourth-order valence-corrected chi connectivity index (χ4v) is 10.2. The molecule has 0 unspecified atom stereocenters. The van der Waals surface area contributed by atoms with E-state index in [-0.39, 0.29) is 29.0 Å². The number of allylic oxidation sites excluding steroid dienone is 1. The number of azide groups is 1. The number of Topliss-reactive ketones (excluding diaryl/α,β-unsaturated/α-hetero) is 1. The van der Waals surface area contributed by atoms with Crippen molar-refractivity contribution < 1.29 is 33.6 Å². The molecule has 1 N–H and O–H groups in total. The molecule has 8 rings (SSSR count). The van der Waals surface area contributed by atoms with Gasteiger partial charge in [-0.3, -0.25) is 4.79 Å². The van der Waals surface area contributed by atoms with Crippen LogP contribution in [0, 0.1) is 34.0 Å². The highest BCUT2D eigenvalue weighted by atomic mass is 16.8. The minimum Gasteiger partial charge on any atom is -0.469 e. The fourth-order valence-electron chi connectivity index (χ4n) is 10.2. The third-order valence-electron chi connectivity index (χ3n) is 11.0. The van der Waals surface area contributed by atoms with Crippen molar-refractivity contribution in [3.8, 4) is 0 Å². The Bertz CT molecular complexity index is 1220. The summed E-state index contributed by atoms with van der Waals surface area (Å²) in [7, 11) is 0. The highest BCUT2D eigenvalue weighted by Crippen LogP contribution is 2.80. The van der Waals surface area contributed by atoms with Crippen LogP contribution >= 0.6 is 0 Å². The summed E-state index contributed by atoms with van der Waals surface area (Å²) in [5.74, 6) is -2.34. The van der Waals surface area contributed by atoms with Gasteiger partial charge in [-0.15, -0.1) is 0 Å². The number of rotatable bonds is 5. The molecule has 4 aliphatic heterocycles. The Morgan fingerprint density at radius 2 is 2.03 bits per heavy atom. The molecule has 4 heterocycles. The van der Waals surface area contributed by atoms with Crippen molar-refractivity contribution in [3.05, 3.63) is 33.9 Å². The summed E-state index contributed by atoms with van der Waals surface area (Å²) >= 11 is 0. The van der Waals surface area contributed by atoms with Crippen LogP contribution in [0.15, 0.2) is 28.6 Å². The second-order valence-electron chi connectivity index (χ2n) is 13.8. The number of ketones is 1. The Labute approximate surface area is 228 Å². The second kappa shape index (κ2) is 8.08. The standard InChI is InChI=1S/C29H39N3O7/c1-15-17-8-9-18-27-14-36-29(28(18,21(15)33)24(17)38-26(4,5)39-29)22(34)20(27)25(2,3)13-16-7-10-19(37-23(16)27)35-12-6-11-31-32-30/h17-20,22,24,34H,1,6-14H2,2-5H3/t17-,18-,19+,20+,22-,24+,27-,28-,29-/m0/s1. The first-order valence-corrected chi connectivity index (χ1v) is 14.4. The largest absolute Gasteiger partial charge is 0.469 e. The molecule has 39 heavy (non-hydrogen) atoms. The summed E-state index contributed by atoms with van der Waals surface area (Å²) in [5, 5.41) is 16.0. The maximum Gasteiger partial charge on any atom is 0.213 e. The van der Waals surface area contributed by atoms with Gasteiger partial charge in [-0.2, -0.15) is 0 Å². The van der Waals surface area contributed by atoms with Gasteiger partial charge in [0.1, 0.15) is 17.3 Å². The van der Waals surface area contributed by atoms with Gasteiger partial charge in [0, 0.05) is 29.7 Å². The van der Waals surface area contributed by atoms with E-state index in [1.54, 1.807) is 0 Å². The summed E-state index contributed by atoms with van der Waals surface area (Å²) in [6, 6.07) is 0.